The lowest BCUT2D eigenvalue weighted by molar-refractivity contribution is 0.589. The van der Waals surface area contributed by atoms with E-state index in [1.54, 1.807) is 0 Å². The Labute approximate surface area is 387 Å². The second-order valence-electron chi connectivity index (χ2n) is 23.9. The summed E-state index contributed by atoms with van der Waals surface area (Å²) < 4.78 is 0. The lowest BCUT2D eigenvalue weighted by atomic mass is 9.83. The molecule has 6 rings (SSSR count). The Morgan fingerprint density at radius 2 is 0.571 bits per heavy atom. The largest absolute Gasteiger partial charge is 0.309 e. The summed E-state index contributed by atoms with van der Waals surface area (Å²) in [5.74, 6) is 0. The van der Waals surface area contributed by atoms with Crippen LogP contribution in [0.15, 0.2) is 127 Å². The molecule has 2 nitrogen and oxygen atoms in total. The maximum absolute atomic E-state index is 8.12. The molecule has 0 aromatic heterocycles. The molecule has 0 amide bonds. The highest BCUT2D eigenvalue weighted by Crippen LogP contribution is 2.51. The first kappa shape index (κ1) is 47.7. The van der Waals surface area contributed by atoms with E-state index in [9.17, 15) is 0 Å². The van der Waals surface area contributed by atoms with E-state index in [4.69, 9.17) is 11.6 Å². The van der Waals surface area contributed by atoms with Crippen molar-refractivity contribution in [3.63, 3.8) is 0 Å². The summed E-state index contributed by atoms with van der Waals surface area (Å²) in [5.41, 5.74) is 15.9. The Hall–Kier alpha value is -4.79. The highest BCUT2D eigenvalue weighted by molar-refractivity contribution is 6.37. The van der Waals surface area contributed by atoms with Gasteiger partial charge in [0, 0.05) is 22.6 Å². The van der Waals surface area contributed by atoms with Gasteiger partial charge in [-0.15, -0.1) is 0 Å². The summed E-state index contributed by atoms with van der Waals surface area (Å²) in [4.78, 5) is 4.77. The monoisotopic (exact) mass is 859 g/mol. The van der Waals surface area contributed by atoms with Crippen LogP contribution in [0.1, 0.15) is 158 Å². The summed E-state index contributed by atoms with van der Waals surface area (Å²) in [6.07, 6.45) is 0. The highest BCUT2D eigenvalue weighted by atomic mass is 35.5. The predicted molar refractivity (Wildman–Crippen MR) is 278 cm³/mol. The van der Waals surface area contributed by atoms with Crippen molar-refractivity contribution in [2.24, 2.45) is 0 Å². The van der Waals surface area contributed by atoms with Crippen molar-refractivity contribution in [3.8, 4) is 11.1 Å². The molecule has 332 valence electrons. The van der Waals surface area contributed by atoms with Gasteiger partial charge in [0.2, 0.25) is 0 Å². The number of hydrogen-bond acceptors (Lipinski definition) is 2. The summed E-state index contributed by atoms with van der Waals surface area (Å²) in [6, 6.07) is 48.1. The van der Waals surface area contributed by atoms with Gasteiger partial charge < -0.3 is 9.80 Å². The zero-order valence-corrected chi connectivity index (χ0v) is 42.7. The molecule has 0 fully saturated rings. The van der Waals surface area contributed by atoms with Gasteiger partial charge in [0.15, 0.2) is 0 Å². The molecular weight excluding hydrogens is 784 g/mol. The quantitative estimate of drug-likeness (QED) is 0.158. The van der Waals surface area contributed by atoms with Gasteiger partial charge in [0.25, 0.3) is 0 Å². The maximum atomic E-state index is 8.12. The van der Waals surface area contributed by atoms with Crippen molar-refractivity contribution < 1.29 is 0 Å². The minimum Gasteiger partial charge on any atom is -0.309 e. The van der Waals surface area contributed by atoms with Crippen molar-refractivity contribution in [1.29, 1.82) is 0 Å². The Balaban J connectivity index is 1.72. The molecule has 0 heterocycles. The third-order valence-corrected chi connectivity index (χ3v) is 12.9. The Morgan fingerprint density at radius 1 is 0.286 bits per heavy atom. The lowest BCUT2D eigenvalue weighted by Gasteiger charge is -2.35. The number of benzene rings is 6. The molecule has 0 bridgehead atoms. The molecule has 0 N–H and O–H groups in total. The van der Waals surface area contributed by atoms with Gasteiger partial charge in [-0.3, -0.25) is 0 Å². The van der Waals surface area contributed by atoms with E-state index >= 15 is 0 Å². The molecule has 6 aromatic rings. The molecule has 0 spiro atoms. The molecule has 0 saturated carbocycles. The molecule has 0 saturated heterocycles. The van der Waals surface area contributed by atoms with Crippen molar-refractivity contribution in [1.82, 2.24) is 0 Å². The van der Waals surface area contributed by atoms with E-state index in [1.807, 2.05) is 0 Å². The second-order valence-corrected chi connectivity index (χ2v) is 24.3. The van der Waals surface area contributed by atoms with Crippen LogP contribution in [0.4, 0.5) is 34.1 Å². The van der Waals surface area contributed by atoms with Crippen LogP contribution in [0.3, 0.4) is 0 Å². The second kappa shape index (κ2) is 17.0. The minimum absolute atomic E-state index is 0.000220. The number of hydrogen-bond donors (Lipinski definition) is 0. The van der Waals surface area contributed by atoms with E-state index < -0.39 is 0 Å². The molecule has 0 radical (unpaired) electrons. The first-order valence-corrected chi connectivity index (χ1v) is 23.3. The standard InChI is InChI=1S/C60H75ClN2/c1-55(2,3)41-21-19-40(20-22-41)50-37-45(59(13,14)15)29-36-51(50)63(49-34-27-44(28-35-49)58(10,11)12)53-39-46(60(16,17)18)38-52(54(53)61)62(47-30-23-42(24-31-47)56(4,5)6)48-32-25-43(26-33-48)57(7,8)9/h19-39H,1-18H3. The van der Waals surface area contributed by atoms with Crippen molar-refractivity contribution in [2.45, 2.75) is 157 Å². The fourth-order valence-electron chi connectivity index (χ4n) is 8.10. The average molecular weight is 860 g/mol. The Bertz CT molecular complexity index is 2460. The zero-order valence-electron chi connectivity index (χ0n) is 41.9. The van der Waals surface area contributed by atoms with E-state index in [1.165, 1.54) is 38.9 Å². The molecule has 3 heteroatoms. The third-order valence-electron chi connectivity index (χ3n) is 12.5. The van der Waals surface area contributed by atoms with Crippen molar-refractivity contribution >= 4 is 45.7 Å². The molecule has 0 aliphatic carbocycles. The van der Waals surface area contributed by atoms with Crippen LogP contribution in [-0.4, -0.2) is 0 Å². The summed E-state index contributed by atoms with van der Waals surface area (Å²) in [5, 5.41) is 0.677. The van der Waals surface area contributed by atoms with Gasteiger partial charge in [0.1, 0.15) is 0 Å². The van der Waals surface area contributed by atoms with E-state index in [0.29, 0.717) is 5.02 Å². The fraction of sp³-hybridized carbons (Fsp3) is 0.400. The number of anilines is 6. The predicted octanol–water partition coefficient (Wildman–Crippen LogP) is 18.7. The molecule has 63 heavy (non-hydrogen) atoms. The van der Waals surface area contributed by atoms with Gasteiger partial charge in [-0.2, -0.15) is 0 Å². The van der Waals surface area contributed by atoms with Crippen LogP contribution < -0.4 is 9.80 Å². The number of halogens is 1. The molecule has 0 aliphatic rings. The van der Waals surface area contributed by atoms with Crippen LogP contribution in [0.25, 0.3) is 11.1 Å². The molecule has 0 atom stereocenters. The van der Waals surface area contributed by atoms with Crippen molar-refractivity contribution in [3.05, 3.63) is 166 Å². The number of rotatable bonds is 7. The van der Waals surface area contributed by atoms with Gasteiger partial charge in [0.05, 0.1) is 22.1 Å². The average Bonchev–Trinajstić information content (AvgIpc) is 3.18. The lowest BCUT2D eigenvalue weighted by Crippen LogP contribution is -2.20. The van der Waals surface area contributed by atoms with Gasteiger partial charge in [-0.25, -0.2) is 0 Å². The van der Waals surface area contributed by atoms with Crippen LogP contribution in [0, 0.1) is 0 Å². The Morgan fingerprint density at radius 3 is 0.905 bits per heavy atom. The SMILES string of the molecule is CC(C)(C)c1ccc(-c2cc(C(C)(C)C)ccc2N(c2ccc(C(C)(C)C)cc2)c2cc(C(C)(C)C)cc(N(c3ccc(C(C)(C)C)cc3)c3ccc(C(C)(C)C)cc3)c2Cl)cc1. The summed E-state index contributed by atoms with van der Waals surface area (Å²) in [6.45, 7) is 41.1. The fourth-order valence-corrected chi connectivity index (χ4v) is 8.38. The van der Waals surface area contributed by atoms with Crippen LogP contribution in [0.2, 0.25) is 5.02 Å². The third kappa shape index (κ3) is 10.6. The smallest absolute Gasteiger partial charge is 0.0887 e. The highest BCUT2D eigenvalue weighted by Gasteiger charge is 2.30. The molecule has 0 unspecified atom stereocenters. The number of nitrogens with zero attached hydrogens (tertiary/aromatic N) is 2. The molecule has 6 aromatic carbocycles. The van der Waals surface area contributed by atoms with Crippen LogP contribution in [0.5, 0.6) is 0 Å². The topological polar surface area (TPSA) is 6.48 Å². The Kier molecular flexibility index (Phi) is 12.8. The maximum Gasteiger partial charge on any atom is 0.0887 e. The van der Waals surface area contributed by atoms with Gasteiger partial charge >= 0.3 is 0 Å². The van der Waals surface area contributed by atoms with Gasteiger partial charge in [-0.1, -0.05) is 203 Å². The normalized spacial score (nSPS) is 13.0. The first-order chi connectivity index (χ1) is 28.9. The van der Waals surface area contributed by atoms with E-state index in [-0.39, 0.29) is 32.5 Å². The minimum atomic E-state index is -0.199. The van der Waals surface area contributed by atoms with Gasteiger partial charge in [-0.05, 0) is 132 Å². The summed E-state index contributed by atoms with van der Waals surface area (Å²) in [7, 11) is 0. The van der Waals surface area contributed by atoms with Crippen LogP contribution >= 0.6 is 11.6 Å². The van der Waals surface area contributed by atoms with Crippen LogP contribution in [-0.2, 0) is 32.5 Å². The van der Waals surface area contributed by atoms with E-state index in [2.05, 4.69) is 262 Å². The van der Waals surface area contributed by atoms with E-state index in [0.717, 1.165) is 39.7 Å². The molecule has 0 aliphatic heterocycles. The molecular formula is C60H75ClN2. The zero-order chi connectivity index (χ0) is 46.7. The van der Waals surface area contributed by atoms with Crippen molar-refractivity contribution in [2.75, 3.05) is 9.80 Å². The first-order valence-electron chi connectivity index (χ1n) is 23.0. The summed E-state index contributed by atoms with van der Waals surface area (Å²) >= 11 is 8.12.